The zero-order valence-corrected chi connectivity index (χ0v) is 8.99. The van der Waals surface area contributed by atoms with Crippen molar-refractivity contribution in [1.82, 2.24) is 9.97 Å². The van der Waals surface area contributed by atoms with Crippen LogP contribution >= 0.6 is 0 Å². The van der Waals surface area contributed by atoms with E-state index in [9.17, 15) is 0 Å². The summed E-state index contributed by atoms with van der Waals surface area (Å²) in [6.07, 6.45) is 3.51. The van der Waals surface area contributed by atoms with Crippen LogP contribution in [0.1, 0.15) is 17.0 Å². The van der Waals surface area contributed by atoms with Gasteiger partial charge in [0.2, 0.25) is 0 Å². The molecule has 1 aromatic carbocycles. The second-order valence-electron chi connectivity index (χ2n) is 3.53. The van der Waals surface area contributed by atoms with Crippen molar-refractivity contribution in [2.75, 3.05) is 5.32 Å². The third kappa shape index (κ3) is 2.20. The molecule has 80 valence electrons. The van der Waals surface area contributed by atoms with Crippen molar-refractivity contribution >= 4 is 5.69 Å². The number of anilines is 1. The van der Waals surface area contributed by atoms with E-state index in [-0.39, 0.29) is 0 Å². The van der Waals surface area contributed by atoms with Gasteiger partial charge in [-0.05, 0) is 24.6 Å². The number of rotatable bonds is 3. The Labute approximate surface area is 94.0 Å². The lowest BCUT2D eigenvalue weighted by Gasteiger charge is -2.08. The molecule has 0 aliphatic carbocycles. The van der Waals surface area contributed by atoms with Gasteiger partial charge in [-0.3, -0.25) is 0 Å². The van der Waals surface area contributed by atoms with Gasteiger partial charge < -0.3 is 10.3 Å². The highest BCUT2D eigenvalue weighted by molar-refractivity contribution is 5.55. The van der Waals surface area contributed by atoms with Crippen LogP contribution in [0.5, 0.6) is 0 Å². The number of H-pyrrole nitrogens is 1. The van der Waals surface area contributed by atoms with Crippen LogP contribution in [-0.4, -0.2) is 9.97 Å². The van der Waals surface area contributed by atoms with Gasteiger partial charge in [0, 0.05) is 18.1 Å². The molecule has 0 spiro atoms. The molecule has 0 unspecified atom stereocenters. The molecule has 0 atom stereocenters. The molecule has 2 N–H and O–H groups in total. The normalized spacial score (nSPS) is 9.75. The lowest BCUT2D eigenvalue weighted by molar-refractivity contribution is 0.997. The average molecular weight is 212 g/mol. The highest BCUT2D eigenvalue weighted by Crippen LogP contribution is 2.16. The van der Waals surface area contributed by atoms with Gasteiger partial charge in [0.25, 0.3) is 0 Å². The molecule has 0 saturated carbocycles. The van der Waals surface area contributed by atoms with Crippen LogP contribution in [0.4, 0.5) is 5.69 Å². The van der Waals surface area contributed by atoms with E-state index >= 15 is 0 Å². The third-order valence-electron chi connectivity index (χ3n) is 2.37. The van der Waals surface area contributed by atoms with Crippen LogP contribution in [-0.2, 0) is 6.54 Å². The Balaban J connectivity index is 2.12. The molecular weight excluding hydrogens is 200 g/mol. The van der Waals surface area contributed by atoms with E-state index in [2.05, 4.69) is 21.4 Å². The Bertz CT molecular complexity index is 508. The Morgan fingerprint density at radius 2 is 2.38 bits per heavy atom. The molecule has 0 aliphatic rings. The van der Waals surface area contributed by atoms with Crippen molar-refractivity contribution in [3.63, 3.8) is 0 Å². The van der Waals surface area contributed by atoms with Crippen molar-refractivity contribution in [3.8, 4) is 6.07 Å². The Morgan fingerprint density at radius 1 is 1.50 bits per heavy atom. The number of aromatic amines is 1. The SMILES string of the molecule is Cc1ccc(C#N)cc1NCc1ncc[nH]1. The van der Waals surface area contributed by atoms with Gasteiger partial charge in [0.05, 0.1) is 18.2 Å². The topological polar surface area (TPSA) is 64.5 Å². The maximum absolute atomic E-state index is 8.81. The fourth-order valence-electron chi connectivity index (χ4n) is 1.46. The quantitative estimate of drug-likeness (QED) is 0.819. The average Bonchev–Trinajstić information content (AvgIpc) is 2.81. The minimum atomic E-state index is 0.628. The number of hydrogen-bond acceptors (Lipinski definition) is 3. The molecule has 1 aromatic heterocycles. The zero-order valence-electron chi connectivity index (χ0n) is 8.99. The first kappa shape index (κ1) is 10.2. The van der Waals surface area contributed by atoms with E-state index in [1.165, 1.54) is 0 Å². The standard InChI is InChI=1S/C12H12N4/c1-9-2-3-10(7-13)6-11(9)16-8-12-14-4-5-15-12/h2-6,16H,8H2,1H3,(H,14,15). The van der Waals surface area contributed by atoms with Gasteiger partial charge in [0.15, 0.2) is 0 Å². The number of aromatic nitrogens is 2. The summed E-state index contributed by atoms with van der Waals surface area (Å²) in [6.45, 7) is 2.63. The summed E-state index contributed by atoms with van der Waals surface area (Å²) >= 11 is 0. The number of nitriles is 1. The van der Waals surface area contributed by atoms with Gasteiger partial charge in [0.1, 0.15) is 5.82 Å². The van der Waals surface area contributed by atoms with Crippen LogP contribution in [0.2, 0.25) is 0 Å². The number of nitrogens with one attached hydrogen (secondary N) is 2. The second kappa shape index (κ2) is 4.49. The summed E-state index contributed by atoms with van der Waals surface area (Å²) in [5.41, 5.74) is 2.74. The number of benzene rings is 1. The molecule has 0 aliphatic heterocycles. The first-order valence-corrected chi connectivity index (χ1v) is 5.02. The zero-order chi connectivity index (χ0) is 11.4. The molecule has 2 rings (SSSR count). The Kier molecular flexibility index (Phi) is 2.88. The smallest absolute Gasteiger partial charge is 0.125 e. The van der Waals surface area contributed by atoms with Crippen LogP contribution in [0, 0.1) is 18.3 Å². The summed E-state index contributed by atoms with van der Waals surface area (Å²) in [5, 5.41) is 12.1. The number of hydrogen-bond donors (Lipinski definition) is 2. The molecule has 0 amide bonds. The molecule has 0 fully saturated rings. The molecule has 0 radical (unpaired) electrons. The maximum atomic E-state index is 8.81. The predicted octanol–water partition coefficient (Wildman–Crippen LogP) is 2.20. The molecule has 0 bridgehead atoms. The molecule has 4 nitrogen and oxygen atoms in total. The first-order chi connectivity index (χ1) is 7.79. The fourth-order valence-corrected chi connectivity index (χ4v) is 1.46. The second-order valence-corrected chi connectivity index (χ2v) is 3.53. The summed E-state index contributed by atoms with van der Waals surface area (Å²) in [6, 6.07) is 7.72. The Morgan fingerprint density at radius 3 is 3.06 bits per heavy atom. The van der Waals surface area contributed by atoms with Crippen molar-refractivity contribution in [2.24, 2.45) is 0 Å². The van der Waals surface area contributed by atoms with Gasteiger partial charge in [-0.2, -0.15) is 5.26 Å². The fraction of sp³-hybridized carbons (Fsp3) is 0.167. The van der Waals surface area contributed by atoms with E-state index in [1.807, 2.05) is 25.1 Å². The van der Waals surface area contributed by atoms with Crippen molar-refractivity contribution in [3.05, 3.63) is 47.5 Å². The van der Waals surface area contributed by atoms with E-state index in [4.69, 9.17) is 5.26 Å². The Hall–Kier alpha value is -2.28. The molecule has 2 aromatic rings. The lowest BCUT2D eigenvalue weighted by Crippen LogP contribution is -2.02. The van der Waals surface area contributed by atoms with Crippen LogP contribution < -0.4 is 5.32 Å². The summed E-state index contributed by atoms with van der Waals surface area (Å²) < 4.78 is 0. The van der Waals surface area contributed by atoms with E-state index in [1.54, 1.807) is 12.4 Å². The highest BCUT2D eigenvalue weighted by atomic mass is 15.0. The van der Waals surface area contributed by atoms with Gasteiger partial charge >= 0.3 is 0 Å². The van der Waals surface area contributed by atoms with Gasteiger partial charge in [-0.1, -0.05) is 6.07 Å². The van der Waals surface area contributed by atoms with E-state index in [0.717, 1.165) is 17.1 Å². The monoisotopic (exact) mass is 212 g/mol. The summed E-state index contributed by atoms with van der Waals surface area (Å²) in [5.74, 6) is 0.877. The summed E-state index contributed by atoms with van der Waals surface area (Å²) in [7, 11) is 0. The molecule has 4 heteroatoms. The van der Waals surface area contributed by atoms with E-state index < -0.39 is 0 Å². The van der Waals surface area contributed by atoms with Crippen molar-refractivity contribution in [1.29, 1.82) is 5.26 Å². The molecular formula is C12H12N4. The number of imidazole rings is 1. The maximum Gasteiger partial charge on any atom is 0.125 e. The highest BCUT2D eigenvalue weighted by Gasteiger charge is 2.00. The molecule has 0 saturated heterocycles. The van der Waals surface area contributed by atoms with Gasteiger partial charge in [-0.15, -0.1) is 0 Å². The number of nitrogens with zero attached hydrogens (tertiary/aromatic N) is 2. The van der Waals surface area contributed by atoms with Crippen LogP contribution in [0.25, 0.3) is 0 Å². The number of aryl methyl sites for hydroxylation is 1. The van der Waals surface area contributed by atoms with E-state index in [0.29, 0.717) is 12.1 Å². The predicted molar refractivity (Wildman–Crippen MR) is 61.8 cm³/mol. The first-order valence-electron chi connectivity index (χ1n) is 5.02. The van der Waals surface area contributed by atoms with Crippen LogP contribution in [0.3, 0.4) is 0 Å². The van der Waals surface area contributed by atoms with Gasteiger partial charge in [-0.25, -0.2) is 4.98 Å². The van der Waals surface area contributed by atoms with Crippen molar-refractivity contribution in [2.45, 2.75) is 13.5 Å². The molecule has 16 heavy (non-hydrogen) atoms. The minimum absolute atomic E-state index is 0.628. The largest absolute Gasteiger partial charge is 0.378 e. The molecule has 1 heterocycles. The lowest BCUT2D eigenvalue weighted by atomic mass is 10.1. The van der Waals surface area contributed by atoms with Crippen LogP contribution in [0.15, 0.2) is 30.6 Å². The third-order valence-corrected chi connectivity index (χ3v) is 2.37. The minimum Gasteiger partial charge on any atom is -0.378 e. The van der Waals surface area contributed by atoms with Crippen molar-refractivity contribution < 1.29 is 0 Å². The summed E-state index contributed by atoms with van der Waals surface area (Å²) in [4.78, 5) is 7.14.